The second-order valence-corrected chi connectivity index (χ2v) is 7.07. The lowest BCUT2D eigenvalue weighted by atomic mass is 9.86. The number of aliphatic hydroxyl groups is 3. The van der Waals surface area contributed by atoms with Gasteiger partial charge in [-0.05, 0) is 23.8 Å². The van der Waals surface area contributed by atoms with Crippen LogP contribution < -0.4 is 4.74 Å². The van der Waals surface area contributed by atoms with Crippen LogP contribution in [0.15, 0.2) is 30.3 Å². The monoisotopic (exact) mass is 414 g/mol. The average Bonchev–Trinajstić information content (AvgIpc) is 2.80. The van der Waals surface area contributed by atoms with Crippen molar-refractivity contribution < 1.29 is 35.1 Å². The highest BCUT2D eigenvalue weighted by Gasteiger charge is 2.61. The molecule has 3 rings (SSSR count). The fraction of sp³-hybridized carbons (Fsp3) is 0.278. The van der Waals surface area contributed by atoms with Crippen LogP contribution in [0.5, 0.6) is 17.2 Å². The van der Waals surface area contributed by atoms with Crippen molar-refractivity contribution in [2.75, 3.05) is 7.11 Å². The van der Waals surface area contributed by atoms with Gasteiger partial charge in [0.1, 0.15) is 23.4 Å². The van der Waals surface area contributed by atoms with Gasteiger partial charge in [0.25, 0.3) is 0 Å². The summed E-state index contributed by atoms with van der Waals surface area (Å²) in [7, 11) is 1.34. The first-order valence-electron chi connectivity index (χ1n) is 7.81. The zero-order valence-electron chi connectivity index (χ0n) is 13.9. The quantitative estimate of drug-likeness (QED) is 0.516. The van der Waals surface area contributed by atoms with Gasteiger partial charge in [-0.2, -0.15) is 0 Å². The van der Waals surface area contributed by atoms with Crippen LogP contribution in [-0.4, -0.2) is 50.6 Å². The number of carbonyl (C=O) groups excluding carboxylic acids is 1. The number of phenolic OH excluding ortho intramolecular Hbond substituents is 2. The Kier molecular flexibility index (Phi) is 5.00. The number of halogens is 2. The molecular formula is C18H16Cl2O7. The van der Waals surface area contributed by atoms with Gasteiger partial charge in [-0.15, -0.1) is 0 Å². The molecule has 9 heteroatoms. The molecule has 0 spiro atoms. The predicted octanol–water partition coefficient (Wildman–Crippen LogP) is 1.69. The van der Waals surface area contributed by atoms with Crippen LogP contribution >= 0.6 is 23.2 Å². The third-order valence-electron chi connectivity index (χ3n) is 4.78. The van der Waals surface area contributed by atoms with Gasteiger partial charge in [0.2, 0.25) is 0 Å². The summed E-state index contributed by atoms with van der Waals surface area (Å²) < 4.78 is 4.98. The van der Waals surface area contributed by atoms with Gasteiger partial charge >= 0.3 is 0 Å². The fourth-order valence-electron chi connectivity index (χ4n) is 3.31. The maximum atomic E-state index is 13.0. The number of rotatable bonds is 3. The Bertz CT molecular complexity index is 917. The van der Waals surface area contributed by atoms with Gasteiger partial charge in [-0.1, -0.05) is 29.3 Å². The molecule has 4 atom stereocenters. The van der Waals surface area contributed by atoms with Crippen molar-refractivity contribution in [2.24, 2.45) is 0 Å². The van der Waals surface area contributed by atoms with Crippen LogP contribution in [0.3, 0.4) is 0 Å². The number of aromatic hydroxyl groups is 2. The first kappa shape index (κ1) is 19.7. The van der Waals surface area contributed by atoms with E-state index < -0.39 is 35.3 Å². The minimum atomic E-state index is -2.50. The molecule has 4 unspecified atom stereocenters. The standard InChI is InChI=1S/C18H16Cl2O7/c1-27-13-6-12(22)8(5-10(13)20)14-15(23)17(25)18(26,16(14)24)7-2-3-11(21)9(19)4-7/h2-6,14-15,17,21-23,25-26H,1H3. The van der Waals surface area contributed by atoms with Crippen molar-refractivity contribution in [3.63, 3.8) is 0 Å². The average molecular weight is 415 g/mol. The number of ether oxygens (including phenoxy) is 1. The van der Waals surface area contributed by atoms with Crippen LogP contribution in [0.2, 0.25) is 10.0 Å². The number of hydrogen-bond donors (Lipinski definition) is 5. The molecule has 27 heavy (non-hydrogen) atoms. The predicted molar refractivity (Wildman–Crippen MR) is 96.4 cm³/mol. The maximum absolute atomic E-state index is 13.0. The SMILES string of the molecule is COc1cc(O)c(C2C(=O)C(O)(c3ccc(O)c(Cl)c3)C(O)C2O)cc1Cl. The molecule has 0 bridgehead atoms. The summed E-state index contributed by atoms with van der Waals surface area (Å²) in [5, 5.41) is 51.5. The van der Waals surface area contributed by atoms with E-state index >= 15 is 0 Å². The molecule has 0 aliphatic heterocycles. The molecule has 1 saturated carbocycles. The van der Waals surface area contributed by atoms with E-state index in [0.29, 0.717) is 0 Å². The van der Waals surface area contributed by atoms with Gasteiger partial charge in [-0.3, -0.25) is 4.79 Å². The number of carbonyl (C=O) groups is 1. The number of methoxy groups -OCH3 is 1. The second-order valence-electron chi connectivity index (χ2n) is 6.26. The minimum Gasteiger partial charge on any atom is -0.508 e. The molecule has 0 saturated heterocycles. The summed E-state index contributed by atoms with van der Waals surface area (Å²) in [5.41, 5.74) is -2.68. The Balaban J connectivity index is 2.12. The number of ketones is 1. The highest BCUT2D eigenvalue weighted by Crippen LogP contribution is 2.48. The molecule has 1 fully saturated rings. The lowest BCUT2D eigenvalue weighted by molar-refractivity contribution is -0.145. The summed E-state index contributed by atoms with van der Waals surface area (Å²) in [5.74, 6) is -2.93. The van der Waals surface area contributed by atoms with Gasteiger partial charge < -0.3 is 30.3 Å². The first-order valence-corrected chi connectivity index (χ1v) is 8.56. The summed E-state index contributed by atoms with van der Waals surface area (Å²) >= 11 is 11.9. The minimum absolute atomic E-state index is 0.0712. The molecule has 0 amide bonds. The lowest BCUT2D eigenvalue weighted by Gasteiger charge is -2.26. The number of Topliss-reactive ketones (excluding diaryl/α,β-unsaturated/α-hetero) is 1. The second kappa shape index (κ2) is 6.85. The summed E-state index contributed by atoms with van der Waals surface area (Å²) in [6.45, 7) is 0. The maximum Gasteiger partial charge on any atom is 0.181 e. The van der Waals surface area contributed by atoms with E-state index in [1.54, 1.807) is 0 Å². The van der Waals surface area contributed by atoms with E-state index in [0.717, 1.165) is 12.1 Å². The Hall–Kier alpha value is -2.03. The molecule has 0 aromatic heterocycles. The molecule has 0 heterocycles. The van der Waals surface area contributed by atoms with Gasteiger partial charge in [0.15, 0.2) is 11.4 Å². The summed E-state index contributed by atoms with van der Waals surface area (Å²) in [4.78, 5) is 13.0. The van der Waals surface area contributed by atoms with E-state index in [1.165, 1.54) is 25.3 Å². The Labute approximate surface area is 164 Å². The highest BCUT2D eigenvalue weighted by atomic mass is 35.5. The first-order chi connectivity index (χ1) is 12.6. The van der Waals surface area contributed by atoms with Crippen molar-refractivity contribution in [3.05, 3.63) is 51.5 Å². The van der Waals surface area contributed by atoms with Crippen LogP contribution in [0.1, 0.15) is 17.0 Å². The zero-order chi connectivity index (χ0) is 20.1. The molecule has 7 nitrogen and oxygen atoms in total. The van der Waals surface area contributed by atoms with E-state index in [4.69, 9.17) is 27.9 Å². The van der Waals surface area contributed by atoms with Crippen molar-refractivity contribution in [1.29, 1.82) is 0 Å². The van der Waals surface area contributed by atoms with Gasteiger partial charge in [0, 0.05) is 11.6 Å². The number of hydrogen-bond acceptors (Lipinski definition) is 7. The number of phenols is 2. The Morgan fingerprint density at radius 1 is 1.04 bits per heavy atom. The number of benzene rings is 2. The summed E-state index contributed by atoms with van der Waals surface area (Å²) in [6.07, 6.45) is -3.64. The van der Waals surface area contributed by atoms with E-state index in [9.17, 15) is 30.3 Å². The fourth-order valence-corrected chi connectivity index (χ4v) is 3.74. The van der Waals surface area contributed by atoms with Crippen molar-refractivity contribution >= 4 is 29.0 Å². The van der Waals surface area contributed by atoms with Crippen LogP contribution in [0, 0.1) is 0 Å². The largest absolute Gasteiger partial charge is 0.508 e. The molecule has 2 aromatic carbocycles. The third-order valence-corrected chi connectivity index (χ3v) is 5.37. The van der Waals surface area contributed by atoms with Crippen molar-refractivity contribution in [1.82, 2.24) is 0 Å². The van der Waals surface area contributed by atoms with Crippen molar-refractivity contribution in [2.45, 2.75) is 23.7 Å². The zero-order valence-corrected chi connectivity index (χ0v) is 15.4. The number of aliphatic hydroxyl groups excluding tert-OH is 2. The Morgan fingerprint density at radius 2 is 1.70 bits per heavy atom. The van der Waals surface area contributed by atoms with Crippen LogP contribution in [-0.2, 0) is 10.4 Å². The van der Waals surface area contributed by atoms with Crippen molar-refractivity contribution in [3.8, 4) is 17.2 Å². The highest BCUT2D eigenvalue weighted by molar-refractivity contribution is 6.32. The van der Waals surface area contributed by atoms with E-state index in [1.807, 2.05) is 0 Å². The molecule has 2 aromatic rings. The topological polar surface area (TPSA) is 127 Å². The third kappa shape index (κ3) is 2.92. The molecular weight excluding hydrogens is 399 g/mol. The molecule has 0 radical (unpaired) electrons. The van der Waals surface area contributed by atoms with Crippen LogP contribution in [0.25, 0.3) is 0 Å². The van der Waals surface area contributed by atoms with Gasteiger partial charge in [0.05, 0.1) is 29.2 Å². The molecule has 1 aliphatic rings. The molecule has 5 N–H and O–H groups in total. The lowest BCUT2D eigenvalue weighted by Crippen LogP contribution is -2.43. The van der Waals surface area contributed by atoms with E-state index in [2.05, 4.69) is 0 Å². The van der Waals surface area contributed by atoms with Crippen LogP contribution in [0.4, 0.5) is 0 Å². The molecule has 144 valence electrons. The summed E-state index contributed by atoms with van der Waals surface area (Å²) in [6, 6.07) is 5.87. The van der Waals surface area contributed by atoms with E-state index in [-0.39, 0.29) is 32.7 Å². The normalized spacial score (nSPS) is 27.8. The molecule has 1 aliphatic carbocycles. The van der Waals surface area contributed by atoms with Gasteiger partial charge in [-0.25, -0.2) is 0 Å². The Morgan fingerprint density at radius 3 is 2.30 bits per heavy atom. The smallest absolute Gasteiger partial charge is 0.181 e.